The molecule has 25 heavy (non-hydrogen) atoms. The monoisotopic (exact) mass is 346 g/mol. The highest BCUT2D eigenvalue weighted by molar-refractivity contribution is 5.53. The maximum absolute atomic E-state index is 11.2. The van der Waals surface area contributed by atoms with E-state index >= 15 is 0 Å². The fourth-order valence-electron chi connectivity index (χ4n) is 3.39. The standard InChI is InChI=1S/C17H22N4O4/c1-20-12-19-16(21(22)23)15(20)18-11-17(7-9-25-10-8-17)13-5-3-4-6-14(13)24-2/h3-6,12,18H,7-11H2,1-2H3. The molecule has 3 rings (SSSR count). The van der Waals surface area contributed by atoms with Gasteiger partial charge in [0.15, 0.2) is 0 Å². The number of imidazole rings is 1. The number of nitrogens with one attached hydrogen (secondary N) is 1. The summed E-state index contributed by atoms with van der Waals surface area (Å²) < 4.78 is 12.7. The van der Waals surface area contributed by atoms with Gasteiger partial charge in [-0.15, -0.1) is 0 Å². The summed E-state index contributed by atoms with van der Waals surface area (Å²) in [6, 6.07) is 7.93. The minimum Gasteiger partial charge on any atom is -0.496 e. The first-order valence-corrected chi connectivity index (χ1v) is 8.18. The second kappa shape index (κ2) is 7.10. The van der Waals surface area contributed by atoms with Crippen molar-refractivity contribution in [3.05, 3.63) is 46.3 Å². The summed E-state index contributed by atoms with van der Waals surface area (Å²) >= 11 is 0. The van der Waals surface area contributed by atoms with Crippen LogP contribution in [0.5, 0.6) is 5.75 Å². The van der Waals surface area contributed by atoms with Crippen LogP contribution in [0.15, 0.2) is 30.6 Å². The molecule has 0 bridgehead atoms. The molecule has 0 aliphatic carbocycles. The van der Waals surface area contributed by atoms with Crippen LogP contribution in [0.1, 0.15) is 18.4 Å². The van der Waals surface area contributed by atoms with Crippen molar-refractivity contribution < 1.29 is 14.4 Å². The number of aromatic nitrogens is 2. The van der Waals surface area contributed by atoms with Crippen molar-refractivity contribution in [2.45, 2.75) is 18.3 Å². The Hall–Kier alpha value is -2.61. The van der Waals surface area contributed by atoms with Crippen molar-refractivity contribution in [2.75, 3.05) is 32.2 Å². The van der Waals surface area contributed by atoms with Gasteiger partial charge in [0.05, 0.1) is 7.11 Å². The molecule has 0 radical (unpaired) electrons. The Morgan fingerprint density at radius 3 is 2.80 bits per heavy atom. The molecule has 0 spiro atoms. The first kappa shape index (κ1) is 17.2. The van der Waals surface area contributed by atoms with Crippen molar-refractivity contribution in [1.29, 1.82) is 0 Å². The molecule has 1 aliphatic rings. The summed E-state index contributed by atoms with van der Waals surface area (Å²) in [5.41, 5.74) is 0.876. The molecule has 134 valence electrons. The molecule has 1 N–H and O–H groups in total. The molecule has 0 unspecified atom stereocenters. The molecule has 0 saturated carbocycles. The average molecular weight is 346 g/mol. The molecule has 2 aromatic rings. The molecule has 1 aromatic carbocycles. The fourth-order valence-corrected chi connectivity index (χ4v) is 3.39. The van der Waals surface area contributed by atoms with Crippen LogP contribution in [0.4, 0.5) is 11.6 Å². The van der Waals surface area contributed by atoms with Gasteiger partial charge in [-0.05, 0) is 28.8 Å². The number of methoxy groups -OCH3 is 1. The van der Waals surface area contributed by atoms with Crippen molar-refractivity contribution in [3.63, 3.8) is 0 Å². The molecule has 0 atom stereocenters. The third-order valence-corrected chi connectivity index (χ3v) is 4.81. The smallest absolute Gasteiger partial charge is 0.406 e. The molecule has 1 aliphatic heterocycles. The number of hydrogen-bond donors (Lipinski definition) is 1. The Balaban J connectivity index is 1.92. The molecule has 8 nitrogen and oxygen atoms in total. The van der Waals surface area contributed by atoms with Crippen LogP contribution in [-0.4, -0.2) is 41.3 Å². The molecular weight excluding hydrogens is 324 g/mol. The summed E-state index contributed by atoms with van der Waals surface area (Å²) in [5.74, 6) is 1.07. The first-order chi connectivity index (χ1) is 12.1. The molecule has 1 saturated heterocycles. The lowest BCUT2D eigenvalue weighted by Gasteiger charge is -2.38. The second-order valence-corrected chi connectivity index (χ2v) is 6.23. The number of hydrogen-bond acceptors (Lipinski definition) is 6. The minimum absolute atomic E-state index is 0.162. The lowest BCUT2D eigenvalue weighted by molar-refractivity contribution is -0.388. The van der Waals surface area contributed by atoms with Crippen molar-refractivity contribution in [2.24, 2.45) is 7.05 Å². The van der Waals surface area contributed by atoms with Crippen molar-refractivity contribution in [3.8, 4) is 5.75 Å². The molecule has 0 amide bonds. The Labute approximate surface area is 145 Å². The van der Waals surface area contributed by atoms with E-state index in [-0.39, 0.29) is 11.2 Å². The zero-order valence-corrected chi connectivity index (χ0v) is 14.4. The normalized spacial score (nSPS) is 16.4. The van der Waals surface area contributed by atoms with E-state index in [1.165, 1.54) is 6.33 Å². The Morgan fingerprint density at radius 1 is 1.40 bits per heavy atom. The van der Waals surface area contributed by atoms with E-state index < -0.39 is 4.92 Å². The van der Waals surface area contributed by atoms with Gasteiger partial charge in [-0.3, -0.25) is 4.57 Å². The maximum Gasteiger partial charge on any atom is 0.406 e. The predicted octanol–water partition coefficient (Wildman–Crippen LogP) is 2.50. The average Bonchev–Trinajstić information content (AvgIpc) is 3.01. The van der Waals surface area contributed by atoms with E-state index in [4.69, 9.17) is 9.47 Å². The lowest BCUT2D eigenvalue weighted by atomic mass is 9.73. The van der Waals surface area contributed by atoms with Gasteiger partial charge in [-0.25, -0.2) is 0 Å². The molecule has 2 heterocycles. The highest BCUT2D eigenvalue weighted by Gasteiger charge is 2.37. The maximum atomic E-state index is 11.2. The zero-order chi connectivity index (χ0) is 17.9. The lowest BCUT2D eigenvalue weighted by Crippen LogP contribution is -2.40. The van der Waals surface area contributed by atoms with E-state index in [1.807, 2.05) is 18.2 Å². The van der Waals surface area contributed by atoms with Gasteiger partial charge in [0.1, 0.15) is 5.75 Å². The van der Waals surface area contributed by atoms with Crippen LogP contribution in [0, 0.1) is 10.1 Å². The van der Waals surface area contributed by atoms with Crippen LogP contribution in [0.3, 0.4) is 0 Å². The third kappa shape index (κ3) is 3.30. The van der Waals surface area contributed by atoms with E-state index in [2.05, 4.69) is 16.4 Å². The number of para-hydroxylation sites is 1. The predicted molar refractivity (Wildman–Crippen MR) is 93.1 cm³/mol. The van der Waals surface area contributed by atoms with Crippen LogP contribution in [0.25, 0.3) is 0 Å². The molecule has 1 fully saturated rings. The fraction of sp³-hybridized carbons (Fsp3) is 0.471. The van der Waals surface area contributed by atoms with Crippen LogP contribution in [0.2, 0.25) is 0 Å². The van der Waals surface area contributed by atoms with Crippen LogP contribution in [-0.2, 0) is 17.2 Å². The van der Waals surface area contributed by atoms with E-state index in [0.29, 0.717) is 25.6 Å². The van der Waals surface area contributed by atoms with Crippen molar-refractivity contribution in [1.82, 2.24) is 9.55 Å². The van der Waals surface area contributed by atoms with Gasteiger partial charge in [0.25, 0.3) is 0 Å². The summed E-state index contributed by atoms with van der Waals surface area (Å²) in [6.45, 7) is 1.83. The second-order valence-electron chi connectivity index (χ2n) is 6.23. The van der Waals surface area contributed by atoms with Gasteiger partial charge in [0, 0.05) is 37.8 Å². The highest BCUT2D eigenvalue weighted by Crippen LogP contribution is 2.40. The van der Waals surface area contributed by atoms with E-state index in [1.54, 1.807) is 18.7 Å². The van der Waals surface area contributed by atoms with E-state index in [0.717, 1.165) is 24.2 Å². The Kier molecular flexibility index (Phi) is 4.89. The number of nitrogens with zero attached hydrogens (tertiary/aromatic N) is 3. The third-order valence-electron chi connectivity index (χ3n) is 4.81. The summed E-state index contributed by atoms with van der Waals surface area (Å²) in [4.78, 5) is 14.6. The Morgan fingerprint density at radius 2 is 2.12 bits per heavy atom. The number of anilines is 1. The number of rotatable bonds is 6. The molecule has 8 heteroatoms. The quantitative estimate of drug-likeness (QED) is 0.638. The summed E-state index contributed by atoms with van der Waals surface area (Å²) in [7, 11) is 3.40. The first-order valence-electron chi connectivity index (χ1n) is 8.18. The van der Waals surface area contributed by atoms with Gasteiger partial charge in [0.2, 0.25) is 12.1 Å². The van der Waals surface area contributed by atoms with Crippen LogP contribution < -0.4 is 10.1 Å². The number of benzene rings is 1. The van der Waals surface area contributed by atoms with Gasteiger partial charge < -0.3 is 24.9 Å². The molecular formula is C17H22N4O4. The largest absolute Gasteiger partial charge is 0.496 e. The SMILES string of the molecule is COc1ccccc1C1(CNc2c([N+](=O)[O-])ncn2C)CCOCC1. The van der Waals surface area contributed by atoms with Crippen LogP contribution >= 0.6 is 0 Å². The van der Waals surface area contributed by atoms with Crippen molar-refractivity contribution >= 4 is 11.6 Å². The zero-order valence-electron chi connectivity index (χ0n) is 14.4. The highest BCUT2D eigenvalue weighted by atomic mass is 16.6. The number of nitro groups is 1. The topological polar surface area (TPSA) is 91.5 Å². The summed E-state index contributed by atoms with van der Waals surface area (Å²) in [6.07, 6.45) is 3.07. The van der Waals surface area contributed by atoms with E-state index in [9.17, 15) is 10.1 Å². The molecule has 1 aromatic heterocycles. The van der Waals surface area contributed by atoms with Gasteiger partial charge in [-0.1, -0.05) is 18.2 Å². The van der Waals surface area contributed by atoms with Gasteiger partial charge in [-0.2, -0.15) is 0 Å². The summed E-state index contributed by atoms with van der Waals surface area (Å²) in [5, 5.41) is 14.4. The number of ether oxygens (including phenoxy) is 2. The van der Waals surface area contributed by atoms with Gasteiger partial charge >= 0.3 is 5.82 Å². The number of aryl methyl sites for hydroxylation is 1. The Bertz CT molecular complexity index is 753. The minimum atomic E-state index is -0.470.